The minimum atomic E-state index is -0.185. The van der Waals surface area contributed by atoms with E-state index in [-0.39, 0.29) is 30.4 Å². The van der Waals surface area contributed by atoms with Crippen molar-refractivity contribution in [3.05, 3.63) is 51.9 Å². The number of methoxy groups -OCH3 is 1. The van der Waals surface area contributed by atoms with E-state index in [0.717, 1.165) is 42.4 Å². The molecule has 0 aliphatic rings. The fourth-order valence-corrected chi connectivity index (χ4v) is 4.37. The fraction of sp³-hybridized carbons (Fsp3) is 0.417. The Bertz CT molecular complexity index is 1120. The van der Waals surface area contributed by atoms with Crippen LogP contribution in [0.1, 0.15) is 44.1 Å². The Kier molecular flexibility index (Phi) is 8.56. The summed E-state index contributed by atoms with van der Waals surface area (Å²) in [4.78, 5) is 41.4. The van der Waals surface area contributed by atoms with Crippen LogP contribution in [0.25, 0.3) is 21.3 Å². The highest BCUT2D eigenvalue weighted by Crippen LogP contribution is 2.30. The van der Waals surface area contributed by atoms with Gasteiger partial charge in [-0.15, -0.1) is 11.3 Å². The smallest absolute Gasteiger partial charge is 0.305 e. The molecule has 0 unspecified atom stereocenters. The van der Waals surface area contributed by atoms with Crippen molar-refractivity contribution in [1.29, 1.82) is 0 Å². The lowest BCUT2D eigenvalue weighted by Crippen LogP contribution is -2.28. The summed E-state index contributed by atoms with van der Waals surface area (Å²) < 4.78 is 6.12. The highest BCUT2D eigenvalue weighted by atomic mass is 32.1. The Balaban J connectivity index is 1.51. The van der Waals surface area contributed by atoms with E-state index >= 15 is 0 Å². The zero-order chi connectivity index (χ0) is 22.9. The molecule has 0 fully saturated rings. The molecule has 0 spiro atoms. The number of hydrogen-bond acceptors (Lipinski definition) is 6. The molecule has 1 amide bonds. The summed E-state index contributed by atoms with van der Waals surface area (Å²) in [6.07, 6.45) is 5.70. The van der Waals surface area contributed by atoms with E-state index < -0.39 is 0 Å². The van der Waals surface area contributed by atoms with Gasteiger partial charge in [-0.05, 0) is 25.3 Å². The molecule has 2 aromatic heterocycles. The molecule has 0 bridgehead atoms. The predicted molar refractivity (Wildman–Crippen MR) is 127 cm³/mol. The lowest BCUT2D eigenvalue weighted by molar-refractivity contribution is -0.140. The highest BCUT2D eigenvalue weighted by Gasteiger charge is 2.14. The van der Waals surface area contributed by atoms with Crippen LogP contribution >= 0.6 is 11.3 Å². The van der Waals surface area contributed by atoms with Gasteiger partial charge in [0.15, 0.2) is 0 Å². The Morgan fingerprint density at radius 3 is 2.59 bits per heavy atom. The van der Waals surface area contributed by atoms with E-state index in [9.17, 15) is 14.4 Å². The van der Waals surface area contributed by atoms with Gasteiger partial charge in [-0.1, -0.05) is 42.7 Å². The molecule has 0 aliphatic carbocycles. The summed E-state index contributed by atoms with van der Waals surface area (Å²) in [6, 6.07) is 8.07. The number of aryl methyl sites for hydroxylation is 2. The second-order valence-corrected chi connectivity index (χ2v) is 8.64. The van der Waals surface area contributed by atoms with E-state index in [2.05, 4.69) is 15.0 Å². The fourth-order valence-electron chi connectivity index (χ4n) is 3.46. The number of rotatable bonds is 11. The molecular weight excluding hydrogens is 426 g/mol. The van der Waals surface area contributed by atoms with Gasteiger partial charge in [0.05, 0.1) is 18.8 Å². The van der Waals surface area contributed by atoms with Gasteiger partial charge in [0.1, 0.15) is 4.83 Å². The molecule has 0 atom stereocenters. The van der Waals surface area contributed by atoms with Crippen molar-refractivity contribution in [2.75, 3.05) is 13.7 Å². The maximum absolute atomic E-state index is 13.1. The average Bonchev–Trinajstić information content (AvgIpc) is 3.23. The maximum atomic E-state index is 13.1. The number of ether oxygens (including phenoxy) is 1. The van der Waals surface area contributed by atoms with Crippen molar-refractivity contribution in [3.63, 3.8) is 0 Å². The first-order valence-electron chi connectivity index (χ1n) is 10.9. The van der Waals surface area contributed by atoms with E-state index in [0.29, 0.717) is 23.2 Å². The van der Waals surface area contributed by atoms with Gasteiger partial charge in [0.2, 0.25) is 5.91 Å². The van der Waals surface area contributed by atoms with Gasteiger partial charge in [-0.25, -0.2) is 4.98 Å². The summed E-state index contributed by atoms with van der Waals surface area (Å²) >= 11 is 1.45. The zero-order valence-corrected chi connectivity index (χ0v) is 19.4. The zero-order valence-electron chi connectivity index (χ0n) is 18.6. The predicted octanol–water partition coefficient (Wildman–Crippen LogP) is 4.06. The van der Waals surface area contributed by atoms with Crippen LogP contribution in [-0.2, 0) is 20.9 Å². The Hall–Kier alpha value is -3.00. The van der Waals surface area contributed by atoms with Crippen molar-refractivity contribution < 1.29 is 14.3 Å². The van der Waals surface area contributed by atoms with Gasteiger partial charge >= 0.3 is 5.97 Å². The van der Waals surface area contributed by atoms with Gasteiger partial charge < -0.3 is 10.1 Å². The normalized spacial score (nSPS) is 10.9. The lowest BCUT2D eigenvalue weighted by Gasteiger charge is -2.08. The van der Waals surface area contributed by atoms with Crippen LogP contribution < -0.4 is 10.9 Å². The van der Waals surface area contributed by atoms with E-state index in [1.807, 2.05) is 36.6 Å². The standard InChI is InChI=1S/C24H29N3O4S/c1-17-8-10-18(11-9-17)19-15-32-23-22(19)24(30)27(16-26-23)14-12-20(28)25-13-6-4-3-5-7-21(29)31-2/h8-11,15-16H,3-7,12-14H2,1-2H3,(H,25,28). The number of nitrogens with one attached hydrogen (secondary N) is 1. The molecule has 7 nitrogen and oxygen atoms in total. The molecule has 2 heterocycles. The molecule has 170 valence electrons. The topological polar surface area (TPSA) is 90.3 Å². The van der Waals surface area contributed by atoms with Crippen molar-refractivity contribution in [1.82, 2.24) is 14.9 Å². The third-order valence-corrected chi connectivity index (χ3v) is 6.25. The van der Waals surface area contributed by atoms with Crippen molar-refractivity contribution in [3.8, 4) is 11.1 Å². The molecule has 0 aliphatic heterocycles. The summed E-state index contributed by atoms with van der Waals surface area (Å²) in [5.41, 5.74) is 2.91. The van der Waals surface area contributed by atoms with Crippen molar-refractivity contribution in [2.45, 2.75) is 52.0 Å². The minimum Gasteiger partial charge on any atom is -0.469 e. The lowest BCUT2D eigenvalue weighted by atomic mass is 10.1. The molecule has 1 aromatic carbocycles. The Morgan fingerprint density at radius 1 is 1.09 bits per heavy atom. The number of nitrogens with zero attached hydrogens (tertiary/aromatic N) is 2. The molecular formula is C24H29N3O4S. The number of amides is 1. The van der Waals surface area contributed by atoms with E-state index in [4.69, 9.17) is 0 Å². The van der Waals surface area contributed by atoms with Crippen LogP contribution in [0.5, 0.6) is 0 Å². The van der Waals surface area contributed by atoms with Crippen LogP contribution in [-0.4, -0.2) is 35.1 Å². The van der Waals surface area contributed by atoms with Gasteiger partial charge in [0.25, 0.3) is 5.56 Å². The maximum Gasteiger partial charge on any atom is 0.305 e. The molecule has 32 heavy (non-hydrogen) atoms. The van der Waals surface area contributed by atoms with Crippen LogP contribution in [0.2, 0.25) is 0 Å². The summed E-state index contributed by atoms with van der Waals surface area (Å²) in [7, 11) is 1.39. The minimum absolute atomic E-state index is 0.0874. The molecule has 3 rings (SSSR count). The number of thiophene rings is 1. The molecule has 0 radical (unpaired) electrons. The molecule has 0 saturated heterocycles. The quantitative estimate of drug-likeness (QED) is 0.348. The number of unbranched alkanes of at least 4 members (excludes halogenated alkanes) is 3. The van der Waals surface area contributed by atoms with Crippen molar-refractivity contribution in [2.24, 2.45) is 0 Å². The second kappa shape index (κ2) is 11.6. The first-order chi connectivity index (χ1) is 15.5. The number of esters is 1. The molecule has 0 saturated carbocycles. The van der Waals surface area contributed by atoms with Crippen LogP contribution in [0.15, 0.2) is 40.8 Å². The number of benzene rings is 1. The monoisotopic (exact) mass is 455 g/mol. The number of carbonyl (C=O) groups excluding carboxylic acids is 2. The van der Waals surface area contributed by atoms with E-state index in [1.54, 1.807) is 0 Å². The third kappa shape index (κ3) is 6.26. The summed E-state index contributed by atoms with van der Waals surface area (Å²) in [6.45, 7) is 2.90. The van der Waals surface area contributed by atoms with Gasteiger partial charge in [-0.2, -0.15) is 0 Å². The van der Waals surface area contributed by atoms with Crippen LogP contribution in [0, 0.1) is 6.92 Å². The van der Waals surface area contributed by atoms with Crippen LogP contribution in [0.3, 0.4) is 0 Å². The number of carbonyl (C=O) groups is 2. The first kappa shape index (κ1) is 23.7. The SMILES string of the molecule is COC(=O)CCCCCCNC(=O)CCn1cnc2scc(-c3ccc(C)cc3)c2c1=O. The third-order valence-electron chi connectivity index (χ3n) is 5.36. The number of aromatic nitrogens is 2. The molecule has 1 N–H and O–H groups in total. The highest BCUT2D eigenvalue weighted by molar-refractivity contribution is 7.17. The molecule has 3 aromatic rings. The Morgan fingerprint density at radius 2 is 1.84 bits per heavy atom. The Labute approximate surface area is 191 Å². The average molecular weight is 456 g/mol. The summed E-state index contributed by atoms with van der Waals surface area (Å²) in [5.74, 6) is -0.273. The van der Waals surface area contributed by atoms with Crippen LogP contribution in [0.4, 0.5) is 0 Å². The second-order valence-electron chi connectivity index (χ2n) is 7.78. The van der Waals surface area contributed by atoms with Gasteiger partial charge in [0, 0.05) is 36.9 Å². The largest absolute Gasteiger partial charge is 0.469 e. The molecule has 8 heteroatoms. The van der Waals surface area contributed by atoms with E-state index in [1.165, 1.54) is 29.3 Å². The first-order valence-corrected chi connectivity index (χ1v) is 11.7. The van der Waals surface area contributed by atoms with Gasteiger partial charge in [-0.3, -0.25) is 19.0 Å². The van der Waals surface area contributed by atoms with Crippen molar-refractivity contribution >= 4 is 33.4 Å². The number of hydrogen-bond donors (Lipinski definition) is 1. The summed E-state index contributed by atoms with van der Waals surface area (Å²) in [5, 5.41) is 5.46. The number of fused-ring (bicyclic) bond motifs is 1.